The molecule has 1 amide bonds. The fourth-order valence-electron chi connectivity index (χ4n) is 3.17. The number of carbonyl (C=O) groups excluding carboxylic acids is 1. The summed E-state index contributed by atoms with van der Waals surface area (Å²) in [6.45, 7) is 1.97. The Balaban J connectivity index is 2.01. The molecule has 0 bridgehead atoms. The maximum absolute atomic E-state index is 12.8. The van der Waals surface area contributed by atoms with Gasteiger partial charge in [0, 0.05) is 14.1 Å². The third kappa shape index (κ3) is 6.84. The van der Waals surface area contributed by atoms with Crippen LogP contribution in [0, 0.1) is 0 Å². The zero-order valence-electron chi connectivity index (χ0n) is 19.9. The van der Waals surface area contributed by atoms with Crippen molar-refractivity contribution in [1.82, 2.24) is 9.62 Å². The number of rotatable bonds is 12. The molecule has 2 aromatic carbocycles. The van der Waals surface area contributed by atoms with Gasteiger partial charge in [-0.2, -0.15) is 0 Å². The molecule has 0 aliphatic heterocycles. The van der Waals surface area contributed by atoms with Crippen LogP contribution in [0.5, 0.6) is 11.5 Å². The average molecular weight is 514 g/mol. The van der Waals surface area contributed by atoms with Gasteiger partial charge in [0.15, 0.2) is 0 Å². The molecule has 1 N–H and O–H groups in total. The third-order valence-corrected chi connectivity index (χ3v) is 7.94. The number of amides is 1. The molecule has 0 spiro atoms. The summed E-state index contributed by atoms with van der Waals surface area (Å²) < 4.78 is 62.1. The van der Waals surface area contributed by atoms with E-state index in [0.717, 1.165) is 14.9 Å². The number of methoxy groups -OCH3 is 1. The molecule has 0 saturated carbocycles. The Morgan fingerprint density at radius 3 is 2.00 bits per heavy atom. The summed E-state index contributed by atoms with van der Waals surface area (Å²) in [5.41, 5.74) is 0.356. The first kappa shape index (κ1) is 27.4. The highest BCUT2D eigenvalue weighted by atomic mass is 32.2. The molecule has 0 unspecified atom stereocenters. The first-order chi connectivity index (χ1) is 15.9. The second-order valence-corrected chi connectivity index (χ2v) is 11.6. The molecule has 1 atom stereocenters. The van der Waals surface area contributed by atoms with Crippen molar-refractivity contribution in [2.24, 2.45) is 0 Å². The van der Waals surface area contributed by atoms with Gasteiger partial charge in [0.05, 0.1) is 30.5 Å². The Morgan fingerprint density at radius 1 is 0.971 bits per heavy atom. The molecule has 0 saturated heterocycles. The van der Waals surface area contributed by atoms with Gasteiger partial charge in [-0.3, -0.25) is 9.10 Å². The van der Waals surface area contributed by atoms with Crippen LogP contribution in [-0.2, 0) is 24.8 Å². The van der Waals surface area contributed by atoms with Gasteiger partial charge < -0.3 is 14.8 Å². The van der Waals surface area contributed by atoms with Crippen molar-refractivity contribution >= 4 is 31.6 Å². The maximum Gasteiger partial charge on any atom is 0.244 e. The number of nitrogens with one attached hydrogen (secondary N) is 1. The molecular formula is C22H31N3O7S2. The lowest BCUT2D eigenvalue weighted by atomic mass is 10.2. The van der Waals surface area contributed by atoms with Crippen molar-refractivity contribution in [2.45, 2.75) is 24.3 Å². The Bertz CT molecular complexity index is 1160. The Hall–Kier alpha value is -2.83. The molecule has 0 heterocycles. The summed E-state index contributed by atoms with van der Waals surface area (Å²) in [7, 11) is -2.86. The van der Waals surface area contributed by atoms with Crippen LogP contribution in [0.15, 0.2) is 53.4 Å². The zero-order valence-corrected chi connectivity index (χ0v) is 21.5. The first-order valence-corrected chi connectivity index (χ1v) is 13.8. The zero-order chi connectivity index (χ0) is 25.5. The molecule has 0 radical (unpaired) electrons. The van der Waals surface area contributed by atoms with Crippen molar-refractivity contribution in [1.29, 1.82) is 0 Å². The van der Waals surface area contributed by atoms with Gasteiger partial charge in [0.25, 0.3) is 0 Å². The fourth-order valence-corrected chi connectivity index (χ4v) is 5.28. The smallest absolute Gasteiger partial charge is 0.244 e. The van der Waals surface area contributed by atoms with E-state index in [-0.39, 0.29) is 24.5 Å². The SMILES string of the molecule is CC[C@H](C(=O)NCCOc1ccc(S(=O)(=O)N(C)C)cc1)N(c1ccc(OC)cc1)S(C)(=O)=O. The molecule has 2 rings (SSSR count). The Kier molecular flexibility index (Phi) is 9.30. The van der Waals surface area contributed by atoms with E-state index in [1.807, 2.05) is 0 Å². The summed E-state index contributed by atoms with van der Waals surface area (Å²) in [5, 5.41) is 2.70. The van der Waals surface area contributed by atoms with E-state index in [2.05, 4.69) is 5.32 Å². The number of nitrogens with zero attached hydrogens (tertiary/aromatic N) is 2. The number of hydrogen-bond donors (Lipinski definition) is 1. The monoisotopic (exact) mass is 513 g/mol. The van der Waals surface area contributed by atoms with Crippen LogP contribution in [0.25, 0.3) is 0 Å². The second-order valence-electron chi connectivity index (χ2n) is 7.58. The lowest BCUT2D eigenvalue weighted by Gasteiger charge is -2.30. The van der Waals surface area contributed by atoms with Crippen LogP contribution in [0.2, 0.25) is 0 Å². The fraction of sp³-hybridized carbons (Fsp3) is 0.409. The minimum absolute atomic E-state index is 0.114. The summed E-state index contributed by atoms with van der Waals surface area (Å²) in [6.07, 6.45) is 1.31. The molecule has 0 aromatic heterocycles. The number of carbonyl (C=O) groups is 1. The van der Waals surface area contributed by atoms with Crippen molar-refractivity contribution in [2.75, 3.05) is 44.9 Å². The molecule has 12 heteroatoms. The minimum Gasteiger partial charge on any atom is -0.497 e. The standard InChI is InChI=1S/C22H31N3O7S2/c1-6-21(25(33(5,27)28)17-7-9-18(31-4)10-8-17)22(26)23-15-16-32-19-11-13-20(14-12-19)34(29,30)24(2)3/h7-14,21H,6,15-16H2,1-5H3,(H,23,26)/t21-/m1/s1. The van der Waals surface area contributed by atoms with E-state index >= 15 is 0 Å². The van der Waals surface area contributed by atoms with Crippen LogP contribution < -0.4 is 19.1 Å². The van der Waals surface area contributed by atoms with E-state index in [1.165, 1.54) is 45.5 Å². The number of hydrogen-bond acceptors (Lipinski definition) is 7. The number of sulfonamides is 2. The Morgan fingerprint density at radius 2 is 1.53 bits per heavy atom. The van der Waals surface area contributed by atoms with E-state index in [9.17, 15) is 21.6 Å². The van der Waals surface area contributed by atoms with Crippen molar-refractivity contribution < 1.29 is 31.1 Å². The lowest BCUT2D eigenvalue weighted by molar-refractivity contribution is -0.122. The van der Waals surface area contributed by atoms with Crippen LogP contribution >= 0.6 is 0 Å². The number of anilines is 1. The van der Waals surface area contributed by atoms with Gasteiger partial charge in [-0.25, -0.2) is 21.1 Å². The van der Waals surface area contributed by atoms with E-state index in [4.69, 9.17) is 9.47 Å². The molecule has 34 heavy (non-hydrogen) atoms. The summed E-state index contributed by atoms with van der Waals surface area (Å²) in [5.74, 6) is 0.550. The van der Waals surface area contributed by atoms with E-state index < -0.39 is 32.0 Å². The topological polar surface area (TPSA) is 122 Å². The highest BCUT2D eigenvalue weighted by Gasteiger charge is 2.31. The predicted octanol–water partition coefficient (Wildman–Crippen LogP) is 1.69. The quantitative estimate of drug-likeness (QED) is 0.429. The van der Waals surface area contributed by atoms with E-state index in [1.54, 1.807) is 31.2 Å². The first-order valence-electron chi connectivity index (χ1n) is 10.5. The third-order valence-electron chi connectivity index (χ3n) is 4.93. The highest BCUT2D eigenvalue weighted by Crippen LogP contribution is 2.25. The Labute approximate surface area is 201 Å². The van der Waals surface area contributed by atoms with Gasteiger partial charge >= 0.3 is 0 Å². The molecule has 0 aliphatic rings. The van der Waals surface area contributed by atoms with Crippen LogP contribution in [0.3, 0.4) is 0 Å². The largest absolute Gasteiger partial charge is 0.497 e. The van der Waals surface area contributed by atoms with Crippen LogP contribution in [0.1, 0.15) is 13.3 Å². The molecule has 2 aromatic rings. The molecule has 10 nitrogen and oxygen atoms in total. The average Bonchev–Trinajstić information content (AvgIpc) is 2.79. The normalized spacial score (nSPS) is 12.8. The van der Waals surface area contributed by atoms with Crippen molar-refractivity contribution in [3.05, 3.63) is 48.5 Å². The molecule has 0 fully saturated rings. The van der Waals surface area contributed by atoms with E-state index in [0.29, 0.717) is 17.2 Å². The van der Waals surface area contributed by atoms with Gasteiger partial charge in [0.1, 0.15) is 24.1 Å². The summed E-state index contributed by atoms with van der Waals surface area (Å²) in [4.78, 5) is 13.0. The summed E-state index contributed by atoms with van der Waals surface area (Å²) >= 11 is 0. The molecular weight excluding hydrogens is 482 g/mol. The number of ether oxygens (including phenoxy) is 2. The second kappa shape index (κ2) is 11.5. The minimum atomic E-state index is -3.74. The summed E-state index contributed by atoms with van der Waals surface area (Å²) in [6, 6.07) is 11.4. The molecule has 0 aliphatic carbocycles. The van der Waals surface area contributed by atoms with Crippen molar-refractivity contribution in [3.8, 4) is 11.5 Å². The van der Waals surface area contributed by atoms with Gasteiger partial charge in [0.2, 0.25) is 26.0 Å². The maximum atomic E-state index is 12.8. The lowest BCUT2D eigenvalue weighted by Crippen LogP contribution is -2.50. The van der Waals surface area contributed by atoms with Gasteiger partial charge in [-0.15, -0.1) is 0 Å². The van der Waals surface area contributed by atoms with Gasteiger partial charge in [-0.1, -0.05) is 6.92 Å². The molecule has 188 valence electrons. The number of benzene rings is 2. The van der Waals surface area contributed by atoms with Gasteiger partial charge in [-0.05, 0) is 55.0 Å². The highest BCUT2D eigenvalue weighted by molar-refractivity contribution is 7.92. The predicted molar refractivity (Wildman–Crippen MR) is 130 cm³/mol. The van der Waals surface area contributed by atoms with Crippen LogP contribution in [-0.4, -0.2) is 73.7 Å². The van der Waals surface area contributed by atoms with Crippen LogP contribution in [0.4, 0.5) is 5.69 Å². The van der Waals surface area contributed by atoms with Crippen molar-refractivity contribution in [3.63, 3.8) is 0 Å².